The van der Waals surface area contributed by atoms with E-state index in [4.69, 9.17) is 22.2 Å². The fourth-order valence-corrected chi connectivity index (χ4v) is 1.02. The van der Waals surface area contributed by atoms with E-state index in [0.29, 0.717) is 12.2 Å². The summed E-state index contributed by atoms with van der Waals surface area (Å²) in [6.07, 6.45) is 0.330. The van der Waals surface area contributed by atoms with Crippen LogP contribution in [0, 0.1) is 0 Å². The van der Waals surface area contributed by atoms with E-state index >= 15 is 0 Å². The van der Waals surface area contributed by atoms with E-state index in [-0.39, 0.29) is 0 Å². The molecule has 1 aromatic carbocycles. The second-order valence-corrected chi connectivity index (χ2v) is 3.65. The third kappa shape index (κ3) is 2.92. The average Bonchev–Trinajstić information content (AvgIpc) is 2.29. The summed E-state index contributed by atoms with van der Waals surface area (Å²) in [4.78, 5) is 10.2. The van der Waals surface area contributed by atoms with Crippen molar-refractivity contribution in [2.45, 2.75) is 18.3 Å². The first-order chi connectivity index (χ1) is 7.12. The number of para-hydroxylation sites is 1. The van der Waals surface area contributed by atoms with Gasteiger partial charge in [-0.3, -0.25) is 5.84 Å². The molecule has 0 bridgehead atoms. The van der Waals surface area contributed by atoms with Crippen LogP contribution >= 0.6 is 11.6 Å². The molecule has 1 aromatic rings. The van der Waals surface area contributed by atoms with Crippen molar-refractivity contribution in [3.63, 3.8) is 0 Å². The van der Waals surface area contributed by atoms with E-state index in [0.717, 1.165) is 0 Å². The predicted octanol–water partition coefficient (Wildman–Crippen LogP) is 1.40. The molecule has 1 rings (SSSR count). The van der Waals surface area contributed by atoms with Gasteiger partial charge in [-0.15, -0.1) is 0 Å². The molecular weight excluding hydrogens is 216 g/mol. The fraction of sp³-hybridized carbons (Fsp3) is 0.300. The molecule has 0 spiro atoms. The normalized spacial score (nSPS) is 14.3. The molecule has 15 heavy (non-hydrogen) atoms. The maximum Gasteiger partial charge on any atom is 0.348 e. The van der Waals surface area contributed by atoms with Crippen LogP contribution in [0.1, 0.15) is 13.3 Å². The van der Waals surface area contributed by atoms with Crippen LogP contribution in [0.3, 0.4) is 0 Å². The summed E-state index contributed by atoms with van der Waals surface area (Å²) >= 11 is 5.90. The van der Waals surface area contributed by atoms with Gasteiger partial charge in [-0.2, -0.15) is 0 Å². The number of halogens is 1. The van der Waals surface area contributed by atoms with Crippen molar-refractivity contribution >= 4 is 17.6 Å². The zero-order chi connectivity index (χ0) is 11.3. The Morgan fingerprint density at radius 1 is 1.53 bits per heavy atom. The van der Waals surface area contributed by atoms with Gasteiger partial charge in [0.2, 0.25) is 5.00 Å². The number of carbonyl (C=O) groups excluding carboxylic acids is 1. The lowest BCUT2D eigenvalue weighted by Crippen LogP contribution is -2.52. The van der Waals surface area contributed by atoms with Crippen LogP contribution < -0.4 is 16.0 Å². The number of hydrogen-bond acceptors (Lipinski definition) is 4. The number of nitrogens with one attached hydrogen (secondary N) is 1. The Kier molecular flexibility index (Phi) is 4.08. The maximum atomic E-state index is 11.6. The molecule has 0 saturated carbocycles. The molecule has 0 heterocycles. The number of nitrogens with two attached hydrogens (primary N) is 1. The van der Waals surface area contributed by atoms with Crippen LogP contribution in [0.4, 0.5) is 0 Å². The van der Waals surface area contributed by atoms with E-state index in [9.17, 15) is 4.79 Å². The number of ether oxygens (including phenoxy) is 1. The number of hydrogen-bond donors (Lipinski definition) is 2. The highest BCUT2D eigenvalue weighted by Gasteiger charge is 2.35. The zero-order valence-corrected chi connectivity index (χ0v) is 9.12. The summed E-state index contributed by atoms with van der Waals surface area (Å²) in [6.45, 7) is 1.74. The standard InChI is InChI=1S/C10H13ClN2O2/c1-2-10(11,13-12)9(14)15-8-6-4-3-5-7-8/h3-7,13H,2,12H2,1H3. The lowest BCUT2D eigenvalue weighted by atomic mass is 10.2. The third-order valence-corrected chi connectivity index (χ3v) is 2.52. The van der Waals surface area contributed by atoms with Crippen LogP contribution in [0.2, 0.25) is 0 Å². The fourth-order valence-electron chi connectivity index (χ4n) is 0.982. The van der Waals surface area contributed by atoms with Crippen LogP contribution in [0.5, 0.6) is 5.75 Å². The van der Waals surface area contributed by atoms with Crippen LogP contribution in [-0.2, 0) is 4.79 Å². The zero-order valence-electron chi connectivity index (χ0n) is 8.37. The SMILES string of the molecule is CCC(Cl)(NN)C(=O)Oc1ccccc1. The Morgan fingerprint density at radius 2 is 2.13 bits per heavy atom. The van der Waals surface area contributed by atoms with Crippen molar-refractivity contribution in [2.75, 3.05) is 0 Å². The van der Waals surface area contributed by atoms with Crippen LogP contribution in [0.15, 0.2) is 30.3 Å². The first-order valence-corrected chi connectivity index (χ1v) is 4.94. The van der Waals surface area contributed by atoms with Gasteiger partial charge in [0.1, 0.15) is 5.75 Å². The molecule has 0 aliphatic rings. The minimum absolute atomic E-state index is 0.330. The molecule has 0 amide bonds. The molecule has 0 radical (unpaired) electrons. The Bertz CT molecular complexity index is 325. The van der Waals surface area contributed by atoms with Gasteiger partial charge in [-0.05, 0) is 18.6 Å². The summed E-state index contributed by atoms with van der Waals surface area (Å²) in [6, 6.07) is 8.69. The van der Waals surface area contributed by atoms with Gasteiger partial charge in [-0.25, -0.2) is 10.2 Å². The van der Waals surface area contributed by atoms with Gasteiger partial charge >= 0.3 is 5.97 Å². The summed E-state index contributed by atoms with van der Waals surface area (Å²) in [7, 11) is 0. The van der Waals surface area contributed by atoms with Gasteiger partial charge in [0.25, 0.3) is 0 Å². The molecule has 1 unspecified atom stereocenters. The molecule has 0 aliphatic carbocycles. The number of alkyl halides is 1. The molecule has 5 heteroatoms. The molecule has 1 atom stereocenters. The highest BCUT2D eigenvalue weighted by atomic mass is 35.5. The number of hydrazine groups is 1. The summed E-state index contributed by atoms with van der Waals surface area (Å²) < 4.78 is 5.05. The Balaban J connectivity index is 2.71. The number of rotatable bonds is 4. The van der Waals surface area contributed by atoms with Gasteiger partial charge in [0.05, 0.1) is 0 Å². The van der Waals surface area contributed by atoms with Gasteiger partial charge < -0.3 is 4.74 Å². The highest BCUT2D eigenvalue weighted by Crippen LogP contribution is 2.19. The molecule has 0 fully saturated rings. The molecule has 0 aliphatic heterocycles. The van der Waals surface area contributed by atoms with Crippen LogP contribution in [0.25, 0.3) is 0 Å². The number of carbonyl (C=O) groups is 1. The molecule has 82 valence electrons. The Hall–Kier alpha value is -1.10. The van der Waals surface area contributed by atoms with Crippen molar-refractivity contribution in [3.05, 3.63) is 30.3 Å². The Labute approximate surface area is 93.3 Å². The second kappa shape index (κ2) is 5.11. The van der Waals surface area contributed by atoms with Crippen molar-refractivity contribution in [2.24, 2.45) is 5.84 Å². The Morgan fingerprint density at radius 3 is 2.60 bits per heavy atom. The molecule has 3 N–H and O–H groups in total. The number of esters is 1. The van der Waals surface area contributed by atoms with Crippen molar-refractivity contribution < 1.29 is 9.53 Å². The van der Waals surface area contributed by atoms with Gasteiger partial charge in [-0.1, -0.05) is 36.7 Å². The first kappa shape index (κ1) is 12.0. The van der Waals surface area contributed by atoms with Crippen LogP contribution in [-0.4, -0.2) is 11.0 Å². The average molecular weight is 229 g/mol. The highest BCUT2D eigenvalue weighted by molar-refractivity contribution is 6.33. The molecule has 0 aromatic heterocycles. The smallest absolute Gasteiger partial charge is 0.348 e. The van der Waals surface area contributed by atoms with E-state index < -0.39 is 11.0 Å². The van der Waals surface area contributed by atoms with Gasteiger partial charge in [0.15, 0.2) is 0 Å². The van der Waals surface area contributed by atoms with Gasteiger partial charge in [0, 0.05) is 0 Å². The molecule has 0 saturated heterocycles. The summed E-state index contributed by atoms with van der Waals surface area (Å²) in [5.41, 5.74) is 2.24. The quantitative estimate of drug-likeness (QED) is 0.204. The first-order valence-electron chi connectivity index (χ1n) is 4.56. The maximum absolute atomic E-state index is 11.6. The molecule has 4 nitrogen and oxygen atoms in total. The second-order valence-electron chi connectivity index (χ2n) is 3.00. The summed E-state index contributed by atoms with van der Waals surface area (Å²) in [5, 5.41) is 0. The van der Waals surface area contributed by atoms with Crippen molar-refractivity contribution in [1.29, 1.82) is 0 Å². The summed E-state index contributed by atoms with van der Waals surface area (Å²) in [5.74, 6) is 5.02. The van der Waals surface area contributed by atoms with Crippen molar-refractivity contribution in [3.8, 4) is 5.75 Å². The topological polar surface area (TPSA) is 64.3 Å². The lowest BCUT2D eigenvalue weighted by Gasteiger charge is -2.21. The largest absolute Gasteiger partial charge is 0.424 e. The van der Waals surface area contributed by atoms with E-state index in [1.54, 1.807) is 31.2 Å². The van der Waals surface area contributed by atoms with E-state index in [2.05, 4.69) is 5.43 Å². The van der Waals surface area contributed by atoms with E-state index in [1.807, 2.05) is 6.07 Å². The third-order valence-electron chi connectivity index (χ3n) is 1.99. The minimum atomic E-state index is -1.37. The number of benzene rings is 1. The molecular formula is C10H13ClN2O2. The minimum Gasteiger partial charge on any atom is -0.424 e. The lowest BCUT2D eigenvalue weighted by molar-refractivity contribution is -0.138. The monoisotopic (exact) mass is 228 g/mol. The van der Waals surface area contributed by atoms with E-state index in [1.165, 1.54) is 0 Å². The predicted molar refractivity (Wildman–Crippen MR) is 58.3 cm³/mol. The van der Waals surface area contributed by atoms with Crippen molar-refractivity contribution in [1.82, 2.24) is 5.43 Å².